The van der Waals surface area contributed by atoms with E-state index in [0.29, 0.717) is 29.3 Å². The van der Waals surface area contributed by atoms with Gasteiger partial charge in [-0.15, -0.1) is 10.2 Å². The number of nitrogens with two attached hydrogens (primary N) is 1. The van der Waals surface area contributed by atoms with Crippen LogP contribution in [0.15, 0.2) is 42.6 Å². The molecule has 0 saturated carbocycles. The molecule has 0 bridgehead atoms. The first-order chi connectivity index (χ1) is 13.8. The summed E-state index contributed by atoms with van der Waals surface area (Å²) in [5.74, 6) is 0.618. The zero-order chi connectivity index (χ0) is 21.0. The summed E-state index contributed by atoms with van der Waals surface area (Å²) < 4.78 is 12.9. The lowest BCUT2D eigenvalue weighted by Crippen LogP contribution is -2.51. The van der Waals surface area contributed by atoms with Crippen molar-refractivity contribution in [3.05, 3.63) is 54.0 Å². The van der Waals surface area contributed by atoms with Gasteiger partial charge in [-0.05, 0) is 25.5 Å². The Kier molecular flexibility index (Phi) is 6.19. The van der Waals surface area contributed by atoms with Gasteiger partial charge in [0.2, 0.25) is 11.6 Å². The van der Waals surface area contributed by atoms with Crippen molar-refractivity contribution in [2.75, 3.05) is 13.7 Å². The number of amides is 1. The summed E-state index contributed by atoms with van der Waals surface area (Å²) in [7, 11) is 7.51. The minimum absolute atomic E-state index is 0.175. The van der Waals surface area contributed by atoms with Gasteiger partial charge >= 0.3 is 0 Å². The number of carbonyl (C=O) groups excluding carboxylic acids is 1. The number of fused-ring (bicyclic) bond motifs is 1. The molecule has 29 heavy (non-hydrogen) atoms. The van der Waals surface area contributed by atoms with Crippen LogP contribution in [0.1, 0.15) is 31.3 Å². The molecule has 2 radical (unpaired) electrons. The number of nitrogens with zero attached hydrogens (tertiary/aromatic N) is 3. The van der Waals surface area contributed by atoms with Crippen molar-refractivity contribution in [2.45, 2.75) is 32.0 Å². The van der Waals surface area contributed by atoms with Crippen LogP contribution in [0.3, 0.4) is 0 Å². The van der Waals surface area contributed by atoms with E-state index in [1.54, 1.807) is 30.5 Å². The first kappa shape index (κ1) is 20.8. The van der Waals surface area contributed by atoms with Crippen LogP contribution in [-0.2, 0) is 16.1 Å². The van der Waals surface area contributed by atoms with Gasteiger partial charge in [0.05, 0.1) is 25.9 Å². The largest absolute Gasteiger partial charge is 0.493 e. The Balaban J connectivity index is 1.89. The highest BCUT2D eigenvalue weighted by Crippen LogP contribution is 2.21. The van der Waals surface area contributed by atoms with E-state index in [1.165, 1.54) is 7.11 Å². The molecule has 3 N–H and O–H groups in total. The van der Waals surface area contributed by atoms with Crippen molar-refractivity contribution < 1.29 is 14.3 Å². The lowest BCUT2D eigenvalue weighted by atomic mass is 9.98. The minimum atomic E-state index is -1.06. The van der Waals surface area contributed by atoms with Crippen LogP contribution in [0, 0.1) is 0 Å². The SMILES string of the molecule is [B]c1cc(OC)c2nnc([C@@H](COCc3ccccc3)NC(=O)C(C)(C)N)n2c1. The minimum Gasteiger partial charge on any atom is -0.493 e. The van der Waals surface area contributed by atoms with Crippen LogP contribution in [-0.4, -0.2) is 47.6 Å². The molecule has 0 aliphatic rings. The molecule has 3 rings (SSSR count). The molecule has 0 fully saturated rings. The summed E-state index contributed by atoms with van der Waals surface area (Å²) in [5, 5.41) is 11.3. The zero-order valence-electron chi connectivity index (χ0n) is 16.8. The topological polar surface area (TPSA) is 104 Å². The molecule has 9 heteroatoms. The average Bonchev–Trinajstić information content (AvgIpc) is 3.10. The molecule has 0 aliphatic heterocycles. The van der Waals surface area contributed by atoms with Gasteiger partial charge in [-0.1, -0.05) is 35.8 Å². The Morgan fingerprint density at radius 2 is 2.03 bits per heavy atom. The van der Waals surface area contributed by atoms with E-state index in [-0.39, 0.29) is 12.5 Å². The average molecular weight is 393 g/mol. The van der Waals surface area contributed by atoms with Crippen molar-refractivity contribution in [2.24, 2.45) is 5.73 Å². The monoisotopic (exact) mass is 393 g/mol. The van der Waals surface area contributed by atoms with Crippen LogP contribution in [0.25, 0.3) is 5.65 Å². The Hall–Kier alpha value is -2.91. The van der Waals surface area contributed by atoms with Crippen molar-refractivity contribution >= 4 is 24.9 Å². The maximum atomic E-state index is 12.5. The number of rotatable bonds is 8. The third-order valence-corrected chi connectivity index (χ3v) is 4.34. The van der Waals surface area contributed by atoms with E-state index < -0.39 is 11.6 Å². The van der Waals surface area contributed by atoms with Gasteiger partial charge in [0.25, 0.3) is 0 Å². The summed E-state index contributed by atoms with van der Waals surface area (Å²) in [6, 6.07) is 10.8. The number of aromatic nitrogens is 3. The molecule has 0 unspecified atom stereocenters. The third-order valence-electron chi connectivity index (χ3n) is 4.34. The smallest absolute Gasteiger partial charge is 0.240 e. The van der Waals surface area contributed by atoms with E-state index >= 15 is 0 Å². The summed E-state index contributed by atoms with van der Waals surface area (Å²) >= 11 is 0. The van der Waals surface area contributed by atoms with Gasteiger partial charge in [0.15, 0.2) is 11.6 Å². The van der Waals surface area contributed by atoms with Gasteiger partial charge in [-0.3, -0.25) is 9.20 Å². The van der Waals surface area contributed by atoms with E-state index in [2.05, 4.69) is 15.5 Å². The van der Waals surface area contributed by atoms with Gasteiger partial charge in [-0.25, -0.2) is 0 Å². The maximum absolute atomic E-state index is 12.5. The first-order valence-electron chi connectivity index (χ1n) is 9.19. The number of ether oxygens (including phenoxy) is 2. The number of carbonyl (C=O) groups is 1. The molecular formula is C20H24BN5O3. The van der Waals surface area contributed by atoms with Crippen molar-refractivity contribution in [3.8, 4) is 5.75 Å². The lowest BCUT2D eigenvalue weighted by molar-refractivity contribution is -0.126. The molecular weight excluding hydrogens is 369 g/mol. The number of hydrogen-bond donors (Lipinski definition) is 2. The maximum Gasteiger partial charge on any atom is 0.240 e. The van der Waals surface area contributed by atoms with Crippen LogP contribution in [0.5, 0.6) is 5.75 Å². The second kappa shape index (κ2) is 8.63. The molecule has 0 spiro atoms. The predicted molar refractivity (Wildman–Crippen MR) is 110 cm³/mol. The fraction of sp³-hybridized carbons (Fsp3) is 0.350. The molecule has 8 nitrogen and oxygen atoms in total. The lowest BCUT2D eigenvalue weighted by Gasteiger charge is -2.23. The van der Waals surface area contributed by atoms with Gasteiger partial charge in [0.1, 0.15) is 13.9 Å². The second-order valence-electron chi connectivity index (χ2n) is 7.34. The number of methoxy groups -OCH3 is 1. The standard InChI is InChI=1S/C20H24BN5O3/c1-20(2,22)19(27)23-15(12-29-11-13-7-5-4-6-8-13)17-24-25-18-16(28-3)9-14(21)10-26(17)18/h4-10,15H,11-12,22H2,1-3H3,(H,23,27)/t15-/m1/s1. The van der Waals surface area contributed by atoms with E-state index in [0.717, 1.165) is 5.56 Å². The Labute approximate surface area is 170 Å². The van der Waals surface area contributed by atoms with Crippen LogP contribution in [0.2, 0.25) is 0 Å². The molecule has 1 atom stereocenters. The van der Waals surface area contributed by atoms with Crippen LogP contribution < -0.4 is 21.3 Å². The van der Waals surface area contributed by atoms with Gasteiger partial charge in [-0.2, -0.15) is 0 Å². The Morgan fingerprint density at radius 3 is 2.69 bits per heavy atom. The van der Waals surface area contributed by atoms with E-state index in [4.69, 9.17) is 23.1 Å². The summed E-state index contributed by atoms with van der Waals surface area (Å²) in [6.07, 6.45) is 1.68. The number of pyridine rings is 1. The number of hydrogen-bond acceptors (Lipinski definition) is 6. The second-order valence-corrected chi connectivity index (χ2v) is 7.34. The van der Waals surface area contributed by atoms with Crippen molar-refractivity contribution in [3.63, 3.8) is 0 Å². The van der Waals surface area contributed by atoms with E-state index in [9.17, 15) is 4.79 Å². The highest BCUT2D eigenvalue weighted by molar-refractivity contribution is 6.32. The molecule has 2 aromatic heterocycles. The first-order valence-corrected chi connectivity index (χ1v) is 9.19. The van der Waals surface area contributed by atoms with Crippen molar-refractivity contribution in [1.82, 2.24) is 19.9 Å². The Morgan fingerprint density at radius 1 is 1.31 bits per heavy atom. The Bertz CT molecular complexity index is 985. The number of benzene rings is 1. The molecule has 0 saturated heterocycles. The summed E-state index contributed by atoms with van der Waals surface area (Å²) in [4.78, 5) is 12.5. The highest BCUT2D eigenvalue weighted by atomic mass is 16.5. The summed E-state index contributed by atoms with van der Waals surface area (Å²) in [6.45, 7) is 3.83. The molecule has 1 amide bonds. The highest BCUT2D eigenvalue weighted by Gasteiger charge is 2.28. The quantitative estimate of drug-likeness (QED) is 0.545. The third kappa shape index (κ3) is 4.93. The van der Waals surface area contributed by atoms with Gasteiger partial charge in [0, 0.05) is 6.20 Å². The van der Waals surface area contributed by atoms with Gasteiger partial charge < -0.3 is 20.5 Å². The summed E-state index contributed by atoms with van der Waals surface area (Å²) in [5.41, 5.74) is 6.88. The predicted octanol–water partition coefficient (Wildman–Crippen LogP) is 0.643. The molecule has 2 heterocycles. The normalized spacial score (nSPS) is 12.7. The van der Waals surface area contributed by atoms with E-state index in [1.807, 2.05) is 30.3 Å². The molecule has 0 aliphatic carbocycles. The van der Waals surface area contributed by atoms with Crippen molar-refractivity contribution in [1.29, 1.82) is 0 Å². The fourth-order valence-corrected chi connectivity index (χ4v) is 2.78. The zero-order valence-corrected chi connectivity index (χ0v) is 16.8. The molecule has 3 aromatic rings. The van der Waals surface area contributed by atoms with Crippen LogP contribution in [0.4, 0.5) is 0 Å². The molecule has 1 aromatic carbocycles. The molecule has 150 valence electrons. The number of nitrogens with one attached hydrogen (secondary N) is 1. The fourth-order valence-electron chi connectivity index (χ4n) is 2.78. The van der Waals surface area contributed by atoms with Crippen LogP contribution >= 0.6 is 0 Å².